The molecular formula is C18H31FIN3O. The summed E-state index contributed by atoms with van der Waals surface area (Å²) in [6.45, 7) is 10.2. The fourth-order valence-corrected chi connectivity index (χ4v) is 2.31. The van der Waals surface area contributed by atoms with Gasteiger partial charge in [0, 0.05) is 26.7 Å². The molecule has 24 heavy (non-hydrogen) atoms. The lowest BCUT2D eigenvalue weighted by Crippen LogP contribution is -2.39. The first kappa shape index (κ1) is 23.1. The van der Waals surface area contributed by atoms with Gasteiger partial charge in [-0.1, -0.05) is 26.0 Å². The maximum Gasteiger partial charge on any atom is 0.191 e. The zero-order valence-corrected chi connectivity index (χ0v) is 17.7. The standard InChI is InChI=1S/C18H30FN3O.HI/c1-6-23-17(13(2)3)9-10-21-18(20-5)22-12-15-8-7-14(4)16(19)11-15;/h7-8,11,13,17H,6,9-10,12H2,1-5H3,(H2,20,21,22);1H. The van der Waals surface area contributed by atoms with E-state index in [1.165, 1.54) is 0 Å². The smallest absolute Gasteiger partial charge is 0.191 e. The first-order chi connectivity index (χ1) is 11.0. The van der Waals surface area contributed by atoms with Gasteiger partial charge in [0.15, 0.2) is 5.96 Å². The molecule has 0 bridgehead atoms. The number of nitrogens with zero attached hydrogens (tertiary/aromatic N) is 1. The van der Waals surface area contributed by atoms with Gasteiger partial charge in [-0.3, -0.25) is 4.99 Å². The molecule has 0 fully saturated rings. The number of halogens is 2. The molecule has 0 heterocycles. The van der Waals surface area contributed by atoms with E-state index in [0.29, 0.717) is 24.0 Å². The zero-order chi connectivity index (χ0) is 17.2. The molecule has 4 nitrogen and oxygen atoms in total. The summed E-state index contributed by atoms with van der Waals surface area (Å²) in [6.07, 6.45) is 1.17. The Morgan fingerprint density at radius 1 is 1.29 bits per heavy atom. The van der Waals surface area contributed by atoms with Crippen LogP contribution in [0.25, 0.3) is 0 Å². The van der Waals surface area contributed by atoms with Crippen LogP contribution in [0.4, 0.5) is 4.39 Å². The maximum atomic E-state index is 13.5. The van der Waals surface area contributed by atoms with Crippen molar-refractivity contribution in [3.05, 3.63) is 35.1 Å². The summed E-state index contributed by atoms with van der Waals surface area (Å²) in [6, 6.07) is 5.26. The molecule has 0 saturated carbocycles. The van der Waals surface area contributed by atoms with E-state index in [2.05, 4.69) is 29.5 Å². The van der Waals surface area contributed by atoms with Crippen molar-refractivity contribution in [1.29, 1.82) is 0 Å². The number of aliphatic imine (C=N–C) groups is 1. The molecular weight excluding hydrogens is 420 g/mol. The quantitative estimate of drug-likeness (QED) is 0.359. The average Bonchev–Trinajstić information content (AvgIpc) is 2.52. The van der Waals surface area contributed by atoms with E-state index in [9.17, 15) is 4.39 Å². The molecule has 0 aromatic heterocycles. The van der Waals surface area contributed by atoms with Crippen LogP contribution in [-0.2, 0) is 11.3 Å². The molecule has 0 radical (unpaired) electrons. The van der Waals surface area contributed by atoms with E-state index in [1.54, 1.807) is 26.1 Å². The number of ether oxygens (including phenoxy) is 1. The van der Waals surface area contributed by atoms with Gasteiger partial charge in [-0.05, 0) is 43.4 Å². The summed E-state index contributed by atoms with van der Waals surface area (Å²) in [5.41, 5.74) is 1.55. The normalized spacial score (nSPS) is 12.7. The minimum atomic E-state index is -0.177. The molecule has 0 aliphatic carbocycles. The second-order valence-electron chi connectivity index (χ2n) is 5.96. The van der Waals surface area contributed by atoms with E-state index in [0.717, 1.165) is 25.1 Å². The highest BCUT2D eigenvalue weighted by molar-refractivity contribution is 14.0. The molecule has 0 amide bonds. The summed E-state index contributed by atoms with van der Waals surface area (Å²) >= 11 is 0. The third kappa shape index (κ3) is 8.28. The monoisotopic (exact) mass is 451 g/mol. The molecule has 0 spiro atoms. The Bertz CT molecular complexity index is 509. The van der Waals surface area contributed by atoms with Crippen LogP contribution in [0.15, 0.2) is 23.2 Å². The second kappa shape index (κ2) is 12.5. The Labute approximate surface area is 162 Å². The van der Waals surface area contributed by atoms with E-state index >= 15 is 0 Å². The van der Waals surface area contributed by atoms with Crippen LogP contribution in [0.3, 0.4) is 0 Å². The van der Waals surface area contributed by atoms with Gasteiger partial charge in [-0.2, -0.15) is 0 Å². The molecule has 0 aliphatic heterocycles. The van der Waals surface area contributed by atoms with Crippen molar-refractivity contribution in [1.82, 2.24) is 10.6 Å². The molecule has 6 heteroatoms. The predicted molar refractivity (Wildman–Crippen MR) is 110 cm³/mol. The first-order valence-electron chi connectivity index (χ1n) is 8.29. The summed E-state index contributed by atoms with van der Waals surface area (Å²) in [4.78, 5) is 4.19. The zero-order valence-electron chi connectivity index (χ0n) is 15.4. The molecule has 0 saturated heterocycles. The highest BCUT2D eigenvalue weighted by Gasteiger charge is 2.12. The number of hydrogen-bond donors (Lipinski definition) is 2. The molecule has 1 aromatic carbocycles. The second-order valence-corrected chi connectivity index (χ2v) is 5.96. The number of guanidine groups is 1. The Balaban J connectivity index is 0.00000529. The predicted octanol–water partition coefficient (Wildman–Crippen LogP) is 3.87. The topological polar surface area (TPSA) is 45.6 Å². The van der Waals surface area contributed by atoms with Crippen LogP contribution in [-0.4, -0.2) is 32.3 Å². The Morgan fingerprint density at radius 3 is 2.54 bits per heavy atom. The van der Waals surface area contributed by atoms with Crippen LogP contribution >= 0.6 is 24.0 Å². The van der Waals surface area contributed by atoms with Crippen LogP contribution in [0.1, 0.15) is 38.3 Å². The van der Waals surface area contributed by atoms with E-state index < -0.39 is 0 Å². The van der Waals surface area contributed by atoms with Gasteiger partial charge in [-0.15, -0.1) is 24.0 Å². The van der Waals surface area contributed by atoms with E-state index in [-0.39, 0.29) is 35.9 Å². The molecule has 1 atom stereocenters. The van der Waals surface area contributed by atoms with Crippen LogP contribution in [0.2, 0.25) is 0 Å². The maximum absolute atomic E-state index is 13.5. The third-order valence-corrected chi connectivity index (χ3v) is 3.77. The average molecular weight is 451 g/mol. The van der Waals surface area contributed by atoms with Gasteiger partial charge in [0.1, 0.15) is 5.82 Å². The lowest BCUT2D eigenvalue weighted by molar-refractivity contribution is 0.0258. The van der Waals surface area contributed by atoms with Gasteiger partial charge >= 0.3 is 0 Å². The van der Waals surface area contributed by atoms with Gasteiger partial charge in [0.2, 0.25) is 0 Å². The minimum absolute atomic E-state index is 0. The Kier molecular flexibility index (Phi) is 12.0. The number of benzene rings is 1. The fourth-order valence-electron chi connectivity index (χ4n) is 2.31. The lowest BCUT2D eigenvalue weighted by atomic mass is 10.0. The van der Waals surface area contributed by atoms with Crippen molar-refractivity contribution in [3.8, 4) is 0 Å². The van der Waals surface area contributed by atoms with Gasteiger partial charge < -0.3 is 15.4 Å². The summed E-state index contributed by atoms with van der Waals surface area (Å²) in [5, 5.41) is 6.47. The molecule has 0 aliphatic rings. The number of hydrogen-bond acceptors (Lipinski definition) is 2. The van der Waals surface area contributed by atoms with Crippen molar-refractivity contribution >= 4 is 29.9 Å². The number of nitrogens with one attached hydrogen (secondary N) is 2. The van der Waals surface area contributed by atoms with Gasteiger partial charge in [-0.25, -0.2) is 4.39 Å². The molecule has 1 aromatic rings. The fraction of sp³-hybridized carbons (Fsp3) is 0.611. The van der Waals surface area contributed by atoms with E-state index in [1.807, 2.05) is 13.0 Å². The van der Waals surface area contributed by atoms with Crippen molar-refractivity contribution < 1.29 is 9.13 Å². The highest BCUT2D eigenvalue weighted by Crippen LogP contribution is 2.10. The largest absolute Gasteiger partial charge is 0.378 e. The Hall–Kier alpha value is -0.890. The summed E-state index contributed by atoms with van der Waals surface area (Å²) < 4.78 is 19.3. The van der Waals surface area contributed by atoms with Crippen LogP contribution < -0.4 is 10.6 Å². The van der Waals surface area contributed by atoms with Crippen molar-refractivity contribution in [3.63, 3.8) is 0 Å². The lowest BCUT2D eigenvalue weighted by Gasteiger charge is -2.21. The molecule has 2 N–H and O–H groups in total. The first-order valence-corrected chi connectivity index (χ1v) is 8.29. The highest BCUT2D eigenvalue weighted by atomic mass is 127. The summed E-state index contributed by atoms with van der Waals surface area (Å²) in [5.74, 6) is 1.02. The van der Waals surface area contributed by atoms with Gasteiger partial charge in [0.05, 0.1) is 6.10 Å². The van der Waals surface area contributed by atoms with Gasteiger partial charge in [0.25, 0.3) is 0 Å². The number of aryl methyl sites for hydroxylation is 1. The molecule has 138 valence electrons. The third-order valence-electron chi connectivity index (χ3n) is 3.77. The SMILES string of the molecule is CCOC(CCNC(=NC)NCc1ccc(C)c(F)c1)C(C)C.I. The summed E-state index contributed by atoms with van der Waals surface area (Å²) in [7, 11) is 1.73. The number of rotatable bonds is 8. The Morgan fingerprint density at radius 2 is 2.00 bits per heavy atom. The van der Waals surface area contributed by atoms with Crippen molar-refractivity contribution in [2.24, 2.45) is 10.9 Å². The van der Waals surface area contributed by atoms with Crippen LogP contribution in [0.5, 0.6) is 0 Å². The minimum Gasteiger partial charge on any atom is -0.378 e. The molecule has 1 unspecified atom stereocenters. The van der Waals surface area contributed by atoms with Crippen LogP contribution in [0, 0.1) is 18.7 Å². The van der Waals surface area contributed by atoms with Crippen molar-refractivity contribution in [2.45, 2.75) is 46.8 Å². The van der Waals surface area contributed by atoms with Crippen molar-refractivity contribution in [2.75, 3.05) is 20.2 Å². The molecule has 1 rings (SSSR count). The van der Waals surface area contributed by atoms with E-state index in [4.69, 9.17) is 4.74 Å².